The molecule has 0 spiro atoms. The Balaban J connectivity index is 3.02. The summed E-state index contributed by atoms with van der Waals surface area (Å²) in [5, 5.41) is 0. The van der Waals surface area contributed by atoms with Gasteiger partial charge in [-0.3, -0.25) is 0 Å². The molecule has 2 N–H and O–H groups in total. The first-order valence-corrected chi connectivity index (χ1v) is 6.23. The number of ether oxygens (including phenoxy) is 1. The Morgan fingerprint density at radius 1 is 1.38 bits per heavy atom. The van der Waals surface area contributed by atoms with Crippen LogP contribution in [0.25, 0.3) is 0 Å². The number of carbonyl (C=O) groups excluding carboxylic acids is 1. The van der Waals surface area contributed by atoms with Crippen LogP contribution >= 0.6 is 11.8 Å². The average Bonchev–Trinajstić information content (AvgIpc) is 2.15. The normalized spacial score (nSPS) is 11.2. The molecule has 3 nitrogen and oxygen atoms in total. The number of nitrogens with two attached hydrogens (primary N) is 1. The molecule has 1 rings (SSSR count). The molecule has 1 aromatic carbocycles. The van der Waals surface area contributed by atoms with Crippen molar-refractivity contribution < 1.29 is 9.53 Å². The molecule has 16 heavy (non-hydrogen) atoms. The maximum absolute atomic E-state index is 11.9. The fourth-order valence-electron chi connectivity index (χ4n) is 1.22. The summed E-state index contributed by atoms with van der Waals surface area (Å²) in [5.74, 6) is -0.329. The van der Waals surface area contributed by atoms with E-state index in [-0.39, 0.29) is 5.97 Å². The summed E-state index contributed by atoms with van der Waals surface area (Å²) in [7, 11) is 0. The number of nitrogen functional groups attached to an aromatic ring is 1. The molecule has 0 aliphatic heterocycles. The maximum atomic E-state index is 11.9. The van der Waals surface area contributed by atoms with Crippen molar-refractivity contribution >= 4 is 23.4 Å². The van der Waals surface area contributed by atoms with Gasteiger partial charge in [-0.2, -0.15) is 0 Å². The number of benzene rings is 1. The van der Waals surface area contributed by atoms with Crippen molar-refractivity contribution in [2.75, 3.05) is 12.0 Å². The summed E-state index contributed by atoms with van der Waals surface area (Å²) >= 11 is 1.50. The highest BCUT2D eigenvalue weighted by atomic mass is 32.2. The maximum Gasteiger partial charge on any atom is 0.339 e. The van der Waals surface area contributed by atoms with Crippen LogP contribution in [-0.4, -0.2) is 17.8 Å². The molecule has 0 aliphatic carbocycles. The van der Waals surface area contributed by atoms with Crippen LogP contribution in [0.3, 0.4) is 0 Å². The lowest BCUT2D eigenvalue weighted by Crippen LogP contribution is -2.24. The molecule has 4 heteroatoms. The van der Waals surface area contributed by atoms with Crippen LogP contribution in [0.4, 0.5) is 5.69 Å². The van der Waals surface area contributed by atoms with E-state index in [9.17, 15) is 4.79 Å². The van der Waals surface area contributed by atoms with E-state index in [1.807, 2.05) is 33.1 Å². The summed E-state index contributed by atoms with van der Waals surface area (Å²) in [5.41, 5.74) is 6.28. The van der Waals surface area contributed by atoms with Gasteiger partial charge in [-0.05, 0) is 45.2 Å². The third-order valence-electron chi connectivity index (χ3n) is 1.84. The summed E-state index contributed by atoms with van der Waals surface area (Å²) in [6, 6.07) is 5.26. The van der Waals surface area contributed by atoms with E-state index in [1.54, 1.807) is 12.1 Å². The van der Waals surface area contributed by atoms with Crippen molar-refractivity contribution in [2.24, 2.45) is 0 Å². The van der Waals surface area contributed by atoms with E-state index in [2.05, 4.69) is 0 Å². The molecule has 0 saturated heterocycles. The number of anilines is 1. The van der Waals surface area contributed by atoms with E-state index in [1.165, 1.54) is 11.8 Å². The third-order valence-corrected chi connectivity index (χ3v) is 2.64. The van der Waals surface area contributed by atoms with Crippen LogP contribution in [0, 0.1) is 0 Å². The molecular formula is C12H17NO2S. The fraction of sp³-hybridized carbons (Fsp3) is 0.417. The third kappa shape index (κ3) is 3.45. The zero-order valence-electron chi connectivity index (χ0n) is 10.0. The topological polar surface area (TPSA) is 52.3 Å². The fourth-order valence-corrected chi connectivity index (χ4v) is 1.78. The van der Waals surface area contributed by atoms with Crippen LogP contribution in [-0.2, 0) is 4.74 Å². The Hall–Kier alpha value is -1.16. The number of carbonyl (C=O) groups is 1. The van der Waals surface area contributed by atoms with Crippen LogP contribution in [0.15, 0.2) is 23.1 Å². The second-order valence-electron chi connectivity index (χ2n) is 4.46. The second-order valence-corrected chi connectivity index (χ2v) is 5.31. The first-order chi connectivity index (χ1) is 7.33. The van der Waals surface area contributed by atoms with Gasteiger partial charge in [0.05, 0.1) is 5.56 Å². The van der Waals surface area contributed by atoms with E-state index < -0.39 is 5.60 Å². The minimum Gasteiger partial charge on any atom is -0.456 e. The highest BCUT2D eigenvalue weighted by Crippen LogP contribution is 2.24. The predicted molar refractivity (Wildman–Crippen MR) is 67.8 cm³/mol. The molecule has 0 bridgehead atoms. The lowest BCUT2D eigenvalue weighted by atomic mass is 10.1. The molecule has 1 aromatic rings. The Kier molecular flexibility index (Phi) is 3.86. The van der Waals surface area contributed by atoms with Gasteiger partial charge in [0.25, 0.3) is 0 Å². The van der Waals surface area contributed by atoms with E-state index in [0.29, 0.717) is 11.3 Å². The summed E-state index contributed by atoms with van der Waals surface area (Å²) in [4.78, 5) is 12.8. The number of thioether (sulfide) groups is 1. The first-order valence-electron chi connectivity index (χ1n) is 5.00. The van der Waals surface area contributed by atoms with Gasteiger partial charge in [0, 0.05) is 10.6 Å². The van der Waals surface area contributed by atoms with E-state index in [0.717, 1.165) is 4.90 Å². The quantitative estimate of drug-likeness (QED) is 0.490. The van der Waals surface area contributed by atoms with Crippen molar-refractivity contribution in [3.05, 3.63) is 23.8 Å². The van der Waals surface area contributed by atoms with Crippen molar-refractivity contribution in [2.45, 2.75) is 31.3 Å². The highest BCUT2D eigenvalue weighted by molar-refractivity contribution is 7.98. The van der Waals surface area contributed by atoms with E-state index in [4.69, 9.17) is 10.5 Å². The lowest BCUT2D eigenvalue weighted by molar-refractivity contribution is 0.00657. The van der Waals surface area contributed by atoms with Crippen LogP contribution in [0.1, 0.15) is 31.1 Å². The monoisotopic (exact) mass is 239 g/mol. The van der Waals surface area contributed by atoms with Gasteiger partial charge in [0.1, 0.15) is 5.60 Å². The summed E-state index contributed by atoms with van der Waals surface area (Å²) < 4.78 is 5.31. The second kappa shape index (κ2) is 4.78. The van der Waals surface area contributed by atoms with Gasteiger partial charge >= 0.3 is 5.97 Å². The Morgan fingerprint density at radius 2 is 2.00 bits per heavy atom. The first kappa shape index (κ1) is 12.9. The van der Waals surface area contributed by atoms with Gasteiger partial charge in [-0.25, -0.2) is 4.79 Å². The molecule has 0 radical (unpaired) electrons. The Morgan fingerprint density at radius 3 is 2.50 bits per heavy atom. The highest BCUT2D eigenvalue weighted by Gasteiger charge is 2.20. The zero-order chi connectivity index (χ0) is 12.3. The van der Waals surface area contributed by atoms with E-state index >= 15 is 0 Å². The molecule has 0 amide bonds. The average molecular weight is 239 g/mol. The minimum atomic E-state index is -0.489. The number of esters is 1. The molecule has 0 fully saturated rings. The number of hydrogen-bond donors (Lipinski definition) is 1. The van der Waals surface area contributed by atoms with Crippen LogP contribution in [0.2, 0.25) is 0 Å². The Bertz CT molecular complexity index is 396. The lowest BCUT2D eigenvalue weighted by Gasteiger charge is -2.20. The molecule has 0 atom stereocenters. The molecule has 0 heterocycles. The molecule has 88 valence electrons. The summed E-state index contributed by atoms with van der Waals surface area (Å²) in [6.07, 6.45) is 1.92. The predicted octanol–water partition coefficient (Wildman–Crippen LogP) is 2.95. The van der Waals surface area contributed by atoms with Crippen molar-refractivity contribution in [3.8, 4) is 0 Å². The van der Waals surface area contributed by atoms with Crippen molar-refractivity contribution in [1.29, 1.82) is 0 Å². The van der Waals surface area contributed by atoms with Gasteiger partial charge in [0.15, 0.2) is 0 Å². The standard InChI is InChI=1S/C12H17NO2S/c1-12(2,3)15-11(14)9-7-8(13)5-6-10(9)16-4/h5-7H,13H2,1-4H3. The molecule has 0 aromatic heterocycles. The van der Waals surface area contributed by atoms with Gasteiger partial charge < -0.3 is 10.5 Å². The van der Waals surface area contributed by atoms with Gasteiger partial charge in [-0.1, -0.05) is 0 Å². The number of rotatable bonds is 2. The van der Waals surface area contributed by atoms with Gasteiger partial charge in [0.2, 0.25) is 0 Å². The molecule has 0 saturated carbocycles. The van der Waals surface area contributed by atoms with Crippen LogP contribution < -0.4 is 5.73 Å². The SMILES string of the molecule is CSc1ccc(N)cc1C(=O)OC(C)(C)C. The number of hydrogen-bond acceptors (Lipinski definition) is 4. The summed E-state index contributed by atoms with van der Waals surface area (Å²) in [6.45, 7) is 5.53. The molecule has 0 aliphatic rings. The minimum absolute atomic E-state index is 0.329. The van der Waals surface area contributed by atoms with Crippen molar-refractivity contribution in [1.82, 2.24) is 0 Å². The van der Waals surface area contributed by atoms with Crippen molar-refractivity contribution in [3.63, 3.8) is 0 Å². The van der Waals surface area contributed by atoms with Gasteiger partial charge in [-0.15, -0.1) is 11.8 Å². The Labute approximate surface area is 100 Å². The van der Waals surface area contributed by atoms with Crippen LogP contribution in [0.5, 0.6) is 0 Å². The largest absolute Gasteiger partial charge is 0.456 e. The molecular weight excluding hydrogens is 222 g/mol. The smallest absolute Gasteiger partial charge is 0.339 e. The molecule has 0 unspecified atom stereocenters. The zero-order valence-corrected chi connectivity index (χ0v) is 10.9.